The Bertz CT molecular complexity index is 945. The Labute approximate surface area is 148 Å². The number of aromatic nitrogens is 2. The molecule has 130 valence electrons. The van der Waals surface area contributed by atoms with Crippen molar-refractivity contribution in [3.05, 3.63) is 46.4 Å². The fourth-order valence-electron chi connectivity index (χ4n) is 2.38. The Kier molecular flexibility index (Phi) is 4.76. The molecule has 0 bridgehead atoms. The first-order chi connectivity index (χ1) is 12.0. The highest BCUT2D eigenvalue weighted by molar-refractivity contribution is 6.34. The van der Waals surface area contributed by atoms with Crippen molar-refractivity contribution in [2.24, 2.45) is 0 Å². The summed E-state index contributed by atoms with van der Waals surface area (Å²) in [7, 11) is 0. The molecule has 7 nitrogen and oxygen atoms in total. The number of nitrogens with one attached hydrogen (secondary N) is 3. The van der Waals surface area contributed by atoms with Gasteiger partial charge in [0.05, 0.1) is 17.3 Å². The molecular weight excluding hydrogens is 344 g/mol. The van der Waals surface area contributed by atoms with Crippen LogP contribution in [0.2, 0.25) is 5.02 Å². The fraction of sp³-hybridized carbons (Fsp3) is 0.235. The molecule has 0 aliphatic heterocycles. The van der Waals surface area contributed by atoms with E-state index in [4.69, 9.17) is 16.1 Å². The number of halogens is 1. The van der Waals surface area contributed by atoms with Crippen LogP contribution in [0.25, 0.3) is 10.9 Å². The lowest BCUT2D eigenvalue weighted by Gasteiger charge is -2.05. The van der Waals surface area contributed by atoms with Crippen LogP contribution in [0.1, 0.15) is 35.3 Å². The van der Waals surface area contributed by atoms with Crippen LogP contribution in [0, 0.1) is 6.92 Å². The summed E-state index contributed by atoms with van der Waals surface area (Å²) in [5.74, 6) is 0.127. The van der Waals surface area contributed by atoms with Gasteiger partial charge in [0.25, 0.3) is 5.91 Å². The van der Waals surface area contributed by atoms with Gasteiger partial charge in [0.15, 0.2) is 5.69 Å². The number of H-pyrrole nitrogens is 1. The number of carbonyl (C=O) groups excluding carboxylic acids is 2. The molecule has 0 radical (unpaired) electrons. The fourth-order valence-corrected chi connectivity index (χ4v) is 2.60. The standard InChI is InChI=1S/C17H17ClN4O3/c1-3-16(23)19-8-11-5-10-6-12(18)14(7-13(10)20-11)21-17(24)15-4-9(2)25-22-15/h4-7,20H,3,8H2,1-2H3,(H,19,23)(H,21,24). The number of hydrogen-bond acceptors (Lipinski definition) is 4. The van der Waals surface area contributed by atoms with Crippen molar-refractivity contribution in [3.63, 3.8) is 0 Å². The summed E-state index contributed by atoms with van der Waals surface area (Å²) in [6.45, 7) is 3.91. The highest BCUT2D eigenvalue weighted by Crippen LogP contribution is 2.29. The van der Waals surface area contributed by atoms with E-state index in [2.05, 4.69) is 20.8 Å². The summed E-state index contributed by atoms with van der Waals surface area (Å²) >= 11 is 6.26. The third-order valence-corrected chi connectivity index (χ3v) is 3.98. The summed E-state index contributed by atoms with van der Waals surface area (Å²) in [6.07, 6.45) is 0.434. The van der Waals surface area contributed by atoms with Gasteiger partial charge in [0.1, 0.15) is 5.76 Å². The number of carbonyl (C=O) groups is 2. The second-order valence-electron chi connectivity index (χ2n) is 5.62. The lowest BCUT2D eigenvalue weighted by molar-refractivity contribution is -0.120. The predicted molar refractivity (Wildman–Crippen MR) is 94.6 cm³/mol. The molecule has 3 aromatic rings. The average Bonchev–Trinajstić information content (AvgIpc) is 3.18. The summed E-state index contributed by atoms with van der Waals surface area (Å²) in [5.41, 5.74) is 2.30. The number of benzene rings is 1. The van der Waals surface area contributed by atoms with Gasteiger partial charge in [-0.15, -0.1) is 0 Å². The number of fused-ring (bicyclic) bond motifs is 1. The second-order valence-corrected chi connectivity index (χ2v) is 6.03. The molecule has 0 saturated carbocycles. The van der Waals surface area contributed by atoms with E-state index in [1.165, 1.54) is 0 Å². The smallest absolute Gasteiger partial charge is 0.277 e. The molecule has 0 fully saturated rings. The van der Waals surface area contributed by atoms with Crippen LogP contribution in [0.15, 0.2) is 28.8 Å². The van der Waals surface area contributed by atoms with Gasteiger partial charge >= 0.3 is 0 Å². The van der Waals surface area contributed by atoms with E-state index in [0.29, 0.717) is 29.4 Å². The maximum absolute atomic E-state index is 12.2. The first-order valence-electron chi connectivity index (χ1n) is 7.78. The van der Waals surface area contributed by atoms with Crippen molar-refractivity contribution in [1.82, 2.24) is 15.5 Å². The molecule has 1 aromatic carbocycles. The molecule has 2 aromatic heterocycles. The van der Waals surface area contributed by atoms with E-state index < -0.39 is 5.91 Å². The molecule has 0 aliphatic carbocycles. The van der Waals surface area contributed by atoms with Crippen molar-refractivity contribution in [3.8, 4) is 0 Å². The van der Waals surface area contributed by atoms with Gasteiger partial charge in [-0.25, -0.2) is 0 Å². The first-order valence-corrected chi connectivity index (χ1v) is 8.16. The zero-order valence-corrected chi connectivity index (χ0v) is 14.5. The first kappa shape index (κ1) is 17.0. The molecule has 3 rings (SSSR count). The van der Waals surface area contributed by atoms with Crippen LogP contribution in [-0.4, -0.2) is 22.0 Å². The molecule has 0 atom stereocenters. The minimum absolute atomic E-state index is 0.0208. The zero-order chi connectivity index (χ0) is 18.0. The summed E-state index contributed by atoms with van der Waals surface area (Å²) in [5, 5.41) is 10.5. The molecule has 0 spiro atoms. The molecule has 25 heavy (non-hydrogen) atoms. The Morgan fingerprint density at radius 3 is 2.76 bits per heavy atom. The van der Waals surface area contributed by atoms with Gasteiger partial charge in [0.2, 0.25) is 5.91 Å². The zero-order valence-electron chi connectivity index (χ0n) is 13.8. The molecule has 3 N–H and O–H groups in total. The van der Waals surface area contributed by atoms with Gasteiger partial charge in [-0.3, -0.25) is 9.59 Å². The number of nitrogens with zero attached hydrogens (tertiary/aromatic N) is 1. The summed E-state index contributed by atoms with van der Waals surface area (Å²) in [6, 6.07) is 6.95. The Morgan fingerprint density at radius 1 is 1.28 bits per heavy atom. The number of anilines is 1. The second kappa shape index (κ2) is 6.98. The number of amides is 2. The van der Waals surface area contributed by atoms with E-state index in [0.717, 1.165) is 16.6 Å². The van der Waals surface area contributed by atoms with Gasteiger partial charge in [-0.1, -0.05) is 23.7 Å². The van der Waals surface area contributed by atoms with Crippen molar-refractivity contribution >= 4 is 40.0 Å². The van der Waals surface area contributed by atoms with Gasteiger partial charge < -0.3 is 20.1 Å². The lowest BCUT2D eigenvalue weighted by atomic mass is 10.2. The average molecular weight is 361 g/mol. The Morgan fingerprint density at radius 2 is 2.08 bits per heavy atom. The van der Waals surface area contributed by atoms with Gasteiger partial charge in [0, 0.05) is 29.1 Å². The van der Waals surface area contributed by atoms with E-state index in [1.54, 1.807) is 32.0 Å². The third kappa shape index (κ3) is 3.83. The van der Waals surface area contributed by atoms with E-state index in [-0.39, 0.29) is 11.6 Å². The summed E-state index contributed by atoms with van der Waals surface area (Å²) < 4.78 is 4.90. The highest BCUT2D eigenvalue weighted by Gasteiger charge is 2.14. The number of aromatic amines is 1. The number of rotatable bonds is 5. The monoisotopic (exact) mass is 360 g/mol. The topological polar surface area (TPSA) is 100 Å². The van der Waals surface area contributed by atoms with Crippen molar-refractivity contribution in [2.75, 3.05) is 5.32 Å². The minimum Gasteiger partial charge on any atom is -0.361 e. The van der Waals surface area contributed by atoms with E-state index in [9.17, 15) is 9.59 Å². The van der Waals surface area contributed by atoms with E-state index in [1.807, 2.05) is 6.07 Å². The molecule has 0 unspecified atom stereocenters. The Balaban J connectivity index is 1.80. The van der Waals surface area contributed by atoms with Crippen LogP contribution < -0.4 is 10.6 Å². The predicted octanol–water partition coefficient (Wildman–Crippen LogP) is 3.40. The van der Waals surface area contributed by atoms with E-state index >= 15 is 0 Å². The molecule has 2 amide bonds. The number of aryl methyl sites for hydroxylation is 1. The van der Waals surface area contributed by atoms with Crippen molar-refractivity contribution < 1.29 is 14.1 Å². The maximum Gasteiger partial charge on any atom is 0.277 e. The van der Waals surface area contributed by atoms with Crippen LogP contribution in [0.5, 0.6) is 0 Å². The van der Waals surface area contributed by atoms with Crippen LogP contribution >= 0.6 is 11.6 Å². The maximum atomic E-state index is 12.2. The van der Waals surface area contributed by atoms with Gasteiger partial charge in [-0.2, -0.15) is 0 Å². The van der Waals surface area contributed by atoms with Gasteiger partial charge in [-0.05, 0) is 25.1 Å². The Hall–Kier alpha value is -2.80. The number of hydrogen-bond donors (Lipinski definition) is 3. The molecule has 8 heteroatoms. The van der Waals surface area contributed by atoms with Crippen molar-refractivity contribution in [1.29, 1.82) is 0 Å². The highest BCUT2D eigenvalue weighted by atomic mass is 35.5. The van der Waals surface area contributed by atoms with Crippen molar-refractivity contribution in [2.45, 2.75) is 26.8 Å². The molecule has 0 saturated heterocycles. The SMILES string of the molecule is CCC(=O)NCc1cc2cc(Cl)c(NC(=O)c3cc(C)on3)cc2[nH]1. The molecular formula is C17H17ClN4O3. The minimum atomic E-state index is -0.403. The van der Waals surface area contributed by atoms with Crippen LogP contribution in [-0.2, 0) is 11.3 Å². The third-order valence-electron chi connectivity index (χ3n) is 3.67. The van der Waals surface area contributed by atoms with Crippen LogP contribution in [0.4, 0.5) is 5.69 Å². The summed E-state index contributed by atoms with van der Waals surface area (Å²) in [4.78, 5) is 26.7. The quantitative estimate of drug-likeness (QED) is 0.649. The van der Waals surface area contributed by atoms with Crippen LogP contribution in [0.3, 0.4) is 0 Å². The lowest BCUT2D eigenvalue weighted by Crippen LogP contribution is -2.21. The molecule has 0 aliphatic rings. The molecule has 2 heterocycles. The normalized spacial score (nSPS) is 10.8. The largest absolute Gasteiger partial charge is 0.361 e.